The molecule has 2 aromatic carbocycles. The van der Waals surface area contributed by atoms with Gasteiger partial charge in [-0.15, -0.1) is 0 Å². The van der Waals surface area contributed by atoms with Crippen LogP contribution in [0, 0.1) is 0 Å². The van der Waals surface area contributed by atoms with Gasteiger partial charge in [0.1, 0.15) is 0 Å². The maximum absolute atomic E-state index is 12.4. The van der Waals surface area contributed by atoms with E-state index in [1.54, 1.807) is 0 Å². The Bertz CT molecular complexity index is 881. The van der Waals surface area contributed by atoms with Crippen molar-refractivity contribution in [3.8, 4) is 34.5 Å². The molecule has 112 valence electrons. The van der Waals surface area contributed by atoms with E-state index in [2.05, 4.69) is 0 Å². The van der Waals surface area contributed by atoms with Crippen molar-refractivity contribution in [2.24, 2.45) is 0 Å². The van der Waals surface area contributed by atoms with E-state index in [0.717, 1.165) is 12.1 Å². The lowest BCUT2D eigenvalue weighted by atomic mass is 9.82. The molecule has 8 nitrogen and oxygen atoms in total. The zero-order valence-electron chi connectivity index (χ0n) is 10.7. The van der Waals surface area contributed by atoms with Crippen molar-refractivity contribution >= 4 is 11.6 Å². The normalized spacial score (nSPS) is 12.9. The minimum absolute atomic E-state index is 0.326. The Kier molecular flexibility index (Phi) is 2.49. The van der Waals surface area contributed by atoms with Gasteiger partial charge in [0.2, 0.25) is 17.3 Å². The molecule has 0 atom stereocenters. The van der Waals surface area contributed by atoms with E-state index in [9.17, 15) is 40.2 Å². The van der Waals surface area contributed by atoms with Crippen molar-refractivity contribution in [1.82, 2.24) is 0 Å². The Morgan fingerprint density at radius 1 is 0.545 bits per heavy atom. The van der Waals surface area contributed by atoms with Crippen LogP contribution in [-0.4, -0.2) is 42.2 Å². The fourth-order valence-corrected chi connectivity index (χ4v) is 2.40. The average molecular weight is 304 g/mol. The Labute approximate surface area is 121 Å². The van der Waals surface area contributed by atoms with Gasteiger partial charge < -0.3 is 30.6 Å². The van der Waals surface area contributed by atoms with Crippen molar-refractivity contribution in [2.75, 3.05) is 0 Å². The maximum atomic E-state index is 12.4. The number of aromatic hydroxyl groups is 6. The zero-order valence-corrected chi connectivity index (χ0v) is 10.7. The highest BCUT2D eigenvalue weighted by Crippen LogP contribution is 2.51. The summed E-state index contributed by atoms with van der Waals surface area (Å²) in [5, 5.41) is 57.7. The van der Waals surface area contributed by atoms with E-state index >= 15 is 0 Å². The number of carbonyl (C=O) groups excluding carboxylic acids is 2. The second-order valence-electron chi connectivity index (χ2n) is 4.66. The molecule has 0 heterocycles. The van der Waals surface area contributed by atoms with Crippen LogP contribution in [0.3, 0.4) is 0 Å². The lowest BCUT2D eigenvalue weighted by Gasteiger charge is -2.21. The predicted molar refractivity (Wildman–Crippen MR) is 69.7 cm³/mol. The smallest absolute Gasteiger partial charge is 0.205 e. The molecule has 0 bridgehead atoms. The molecule has 0 saturated heterocycles. The molecule has 22 heavy (non-hydrogen) atoms. The SMILES string of the molecule is O=C1c2ccc(O)c(O)c2C(=O)c2c(O)c(O)c(O)c(O)c21. The van der Waals surface area contributed by atoms with Gasteiger partial charge in [0, 0.05) is 5.56 Å². The van der Waals surface area contributed by atoms with E-state index in [1.165, 1.54) is 0 Å². The summed E-state index contributed by atoms with van der Waals surface area (Å²) in [5.74, 6) is -8.10. The molecule has 0 unspecified atom stereocenters. The van der Waals surface area contributed by atoms with E-state index in [0.29, 0.717) is 0 Å². The molecular formula is C14H8O8. The number of ketones is 2. The summed E-state index contributed by atoms with van der Waals surface area (Å²) >= 11 is 0. The van der Waals surface area contributed by atoms with Gasteiger partial charge in [-0.1, -0.05) is 0 Å². The summed E-state index contributed by atoms with van der Waals surface area (Å²) in [5.41, 5.74) is -2.37. The third-order valence-electron chi connectivity index (χ3n) is 3.48. The molecule has 6 N–H and O–H groups in total. The Balaban J connectivity index is 2.47. The van der Waals surface area contributed by atoms with E-state index in [-0.39, 0.29) is 5.56 Å². The van der Waals surface area contributed by atoms with Gasteiger partial charge in [-0.25, -0.2) is 0 Å². The maximum Gasteiger partial charge on any atom is 0.205 e. The fraction of sp³-hybridized carbons (Fsp3) is 0. The molecule has 0 spiro atoms. The molecule has 0 saturated carbocycles. The Morgan fingerprint density at radius 3 is 1.59 bits per heavy atom. The van der Waals surface area contributed by atoms with Crippen LogP contribution in [0.1, 0.15) is 31.8 Å². The monoisotopic (exact) mass is 304 g/mol. The Morgan fingerprint density at radius 2 is 1.05 bits per heavy atom. The zero-order chi connectivity index (χ0) is 16.3. The Hall–Kier alpha value is -3.42. The summed E-state index contributed by atoms with van der Waals surface area (Å²) in [7, 11) is 0. The second-order valence-corrected chi connectivity index (χ2v) is 4.66. The van der Waals surface area contributed by atoms with Crippen molar-refractivity contribution in [3.05, 3.63) is 34.4 Å². The molecule has 3 rings (SSSR count). The number of rotatable bonds is 0. The first kappa shape index (κ1) is 13.6. The first-order chi connectivity index (χ1) is 10.3. The van der Waals surface area contributed by atoms with Gasteiger partial charge in [0.15, 0.2) is 28.8 Å². The molecule has 0 amide bonds. The van der Waals surface area contributed by atoms with Crippen LogP contribution in [-0.2, 0) is 0 Å². The summed E-state index contributed by atoms with van der Waals surface area (Å²) in [6, 6.07) is 2.02. The van der Waals surface area contributed by atoms with Crippen LogP contribution in [0.4, 0.5) is 0 Å². The summed E-state index contributed by atoms with van der Waals surface area (Å²) in [6.07, 6.45) is 0. The first-order valence-corrected chi connectivity index (χ1v) is 5.91. The number of carbonyl (C=O) groups is 2. The average Bonchev–Trinajstić information content (AvgIpc) is 2.49. The van der Waals surface area contributed by atoms with Crippen LogP contribution in [0.25, 0.3) is 0 Å². The molecule has 0 aliphatic heterocycles. The number of benzene rings is 2. The van der Waals surface area contributed by atoms with Gasteiger partial charge >= 0.3 is 0 Å². The summed E-state index contributed by atoms with van der Waals surface area (Å²) in [4.78, 5) is 24.7. The standard InChI is InChI=1S/C14H8O8/c15-4-2-1-3-5(9(4)17)10(18)7-6(8(3)16)11(19)13(21)14(22)12(7)20/h1-2,15,17,19-22H. The number of hydrogen-bond donors (Lipinski definition) is 6. The highest BCUT2D eigenvalue weighted by atomic mass is 16.3. The van der Waals surface area contributed by atoms with Crippen molar-refractivity contribution < 1.29 is 40.2 Å². The quantitative estimate of drug-likeness (QED) is 0.262. The highest BCUT2D eigenvalue weighted by Gasteiger charge is 2.40. The molecule has 1 aliphatic rings. The largest absolute Gasteiger partial charge is 0.504 e. The van der Waals surface area contributed by atoms with Gasteiger partial charge in [-0.05, 0) is 12.1 Å². The predicted octanol–water partition coefficient (Wildman–Crippen LogP) is 0.696. The van der Waals surface area contributed by atoms with E-state index in [1.807, 2.05) is 0 Å². The summed E-state index contributed by atoms with van der Waals surface area (Å²) in [6.45, 7) is 0. The third kappa shape index (κ3) is 1.40. The van der Waals surface area contributed by atoms with Crippen molar-refractivity contribution in [2.45, 2.75) is 0 Å². The van der Waals surface area contributed by atoms with E-state index in [4.69, 9.17) is 0 Å². The lowest BCUT2D eigenvalue weighted by molar-refractivity contribution is 0.0970. The summed E-state index contributed by atoms with van der Waals surface area (Å²) < 4.78 is 0. The lowest BCUT2D eigenvalue weighted by Crippen LogP contribution is -2.21. The highest BCUT2D eigenvalue weighted by molar-refractivity contribution is 6.31. The number of phenols is 6. The molecule has 2 aromatic rings. The van der Waals surface area contributed by atoms with Gasteiger partial charge in [0.05, 0.1) is 16.7 Å². The topological polar surface area (TPSA) is 156 Å². The van der Waals surface area contributed by atoms with Crippen molar-refractivity contribution in [3.63, 3.8) is 0 Å². The van der Waals surface area contributed by atoms with Gasteiger partial charge in [-0.2, -0.15) is 0 Å². The van der Waals surface area contributed by atoms with Crippen LogP contribution in [0.15, 0.2) is 12.1 Å². The fourth-order valence-electron chi connectivity index (χ4n) is 2.40. The molecular weight excluding hydrogens is 296 g/mol. The second kappa shape index (κ2) is 4.04. The molecule has 1 aliphatic carbocycles. The van der Waals surface area contributed by atoms with Crippen LogP contribution >= 0.6 is 0 Å². The molecule has 8 heteroatoms. The number of phenolic OH excluding ortho intramolecular Hbond substituents is 6. The van der Waals surface area contributed by atoms with Gasteiger partial charge in [-0.3, -0.25) is 9.59 Å². The minimum atomic E-state index is -1.18. The van der Waals surface area contributed by atoms with Crippen LogP contribution in [0.2, 0.25) is 0 Å². The first-order valence-electron chi connectivity index (χ1n) is 5.91. The van der Waals surface area contributed by atoms with Gasteiger partial charge in [0.25, 0.3) is 0 Å². The number of fused-ring (bicyclic) bond motifs is 2. The van der Waals surface area contributed by atoms with E-state index < -0.39 is 62.8 Å². The molecule has 0 radical (unpaired) electrons. The van der Waals surface area contributed by atoms with Crippen LogP contribution < -0.4 is 0 Å². The van der Waals surface area contributed by atoms with Crippen molar-refractivity contribution in [1.29, 1.82) is 0 Å². The molecule has 0 aromatic heterocycles. The molecule has 0 fully saturated rings. The third-order valence-corrected chi connectivity index (χ3v) is 3.48. The number of hydrogen-bond acceptors (Lipinski definition) is 8. The van der Waals surface area contributed by atoms with Crippen LogP contribution in [0.5, 0.6) is 34.5 Å². The minimum Gasteiger partial charge on any atom is -0.504 e.